The molecule has 3 rings (SSSR count). The first-order valence-electron chi connectivity index (χ1n) is 10.6. The van der Waals surface area contributed by atoms with Gasteiger partial charge in [0.2, 0.25) is 0 Å². The molecule has 0 saturated heterocycles. The van der Waals surface area contributed by atoms with Crippen molar-refractivity contribution in [3.63, 3.8) is 0 Å². The van der Waals surface area contributed by atoms with Crippen molar-refractivity contribution in [2.75, 3.05) is 33.1 Å². The Hall–Kier alpha value is -3.95. The summed E-state index contributed by atoms with van der Waals surface area (Å²) < 4.78 is 5.31. The molecule has 1 unspecified atom stereocenters. The van der Waals surface area contributed by atoms with Gasteiger partial charge in [0, 0.05) is 18.7 Å². The molecule has 0 saturated carbocycles. The van der Waals surface area contributed by atoms with Gasteiger partial charge in [-0.25, -0.2) is 0 Å². The van der Waals surface area contributed by atoms with E-state index in [1.807, 2.05) is 43.3 Å². The van der Waals surface area contributed by atoms with E-state index in [-0.39, 0.29) is 39.5 Å². The first-order chi connectivity index (χ1) is 16.7. The Morgan fingerprint density at radius 1 is 1.03 bits per heavy atom. The summed E-state index contributed by atoms with van der Waals surface area (Å²) in [7, 11) is 5.43. The fourth-order valence-electron chi connectivity index (χ4n) is 3.51. The molecule has 0 fully saturated rings. The van der Waals surface area contributed by atoms with Gasteiger partial charge >= 0.3 is 0 Å². The number of carbonyl (C=O) groups excluding carboxylic acids is 2. The van der Waals surface area contributed by atoms with Gasteiger partial charge in [-0.2, -0.15) is 0 Å². The molecular formula is C25H25ClN4O5. The summed E-state index contributed by atoms with van der Waals surface area (Å²) in [6, 6.07) is 17.6. The number of ether oxygens (including phenoxy) is 1. The highest BCUT2D eigenvalue weighted by Crippen LogP contribution is 2.25. The van der Waals surface area contributed by atoms with E-state index in [9.17, 15) is 19.7 Å². The number of amides is 2. The Morgan fingerprint density at radius 2 is 1.77 bits per heavy atom. The minimum atomic E-state index is -0.597. The lowest BCUT2D eigenvalue weighted by Crippen LogP contribution is -2.35. The average Bonchev–Trinajstić information content (AvgIpc) is 2.84. The number of non-ortho nitro benzene ring substituents is 1. The lowest BCUT2D eigenvalue weighted by molar-refractivity contribution is -0.384. The number of nitrogens with one attached hydrogen (secondary N) is 2. The van der Waals surface area contributed by atoms with Crippen LogP contribution in [0.4, 0.5) is 11.4 Å². The van der Waals surface area contributed by atoms with Crippen molar-refractivity contribution in [1.82, 2.24) is 10.2 Å². The van der Waals surface area contributed by atoms with Gasteiger partial charge < -0.3 is 20.3 Å². The molecule has 0 radical (unpaired) electrons. The van der Waals surface area contributed by atoms with Crippen LogP contribution in [0.15, 0.2) is 66.7 Å². The van der Waals surface area contributed by atoms with Crippen LogP contribution in [0.25, 0.3) is 0 Å². The smallest absolute Gasteiger partial charge is 0.270 e. The summed E-state index contributed by atoms with van der Waals surface area (Å²) in [6.45, 7) is 0.315. The summed E-state index contributed by atoms with van der Waals surface area (Å²) in [6.07, 6.45) is 0. The molecule has 182 valence electrons. The number of anilines is 1. The molecule has 1 atom stereocenters. The molecule has 10 heteroatoms. The molecule has 0 aliphatic carbocycles. The van der Waals surface area contributed by atoms with Crippen LogP contribution in [0.5, 0.6) is 5.75 Å². The van der Waals surface area contributed by atoms with Crippen LogP contribution >= 0.6 is 11.6 Å². The number of nitro groups is 1. The second kappa shape index (κ2) is 11.5. The van der Waals surface area contributed by atoms with Crippen LogP contribution in [0.2, 0.25) is 5.02 Å². The van der Waals surface area contributed by atoms with Crippen molar-refractivity contribution in [1.29, 1.82) is 0 Å². The fraction of sp³-hybridized carbons (Fsp3) is 0.200. The number of halogens is 1. The van der Waals surface area contributed by atoms with Gasteiger partial charge in [-0.05, 0) is 50.0 Å². The Morgan fingerprint density at radius 3 is 2.43 bits per heavy atom. The van der Waals surface area contributed by atoms with E-state index in [1.165, 1.54) is 12.1 Å². The third kappa shape index (κ3) is 6.34. The largest absolute Gasteiger partial charge is 0.497 e. The molecule has 0 heterocycles. The van der Waals surface area contributed by atoms with E-state index in [0.717, 1.165) is 17.4 Å². The van der Waals surface area contributed by atoms with E-state index < -0.39 is 10.8 Å². The van der Waals surface area contributed by atoms with Crippen LogP contribution in [0.1, 0.15) is 32.3 Å². The second-order valence-electron chi connectivity index (χ2n) is 7.89. The maximum atomic E-state index is 13.0. The van der Waals surface area contributed by atoms with E-state index in [4.69, 9.17) is 16.3 Å². The third-order valence-electron chi connectivity index (χ3n) is 5.39. The van der Waals surface area contributed by atoms with Gasteiger partial charge in [0.15, 0.2) is 0 Å². The van der Waals surface area contributed by atoms with Gasteiger partial charge in [0.05, 0.1) is 39.9 Å². The molecule has 35 heavy (non-hydrogen) atoms. The maximum absolute atomic E-state index is 13.0. The fourth-order valence-corrected chi connectivity index (χ4v) is 3.77. The SMILES string of the molecule is COc1cccc(C(CNC(=O)c2ccccc2NC(=O)c2ccc([N+](=O)[O-])cc2Cl)N(C)C)c1. The standard InChI is InChI=1S/C25H25ClN4O5/c1-29(2)23(16-7-6-8-18(13-16)35-3)15-27-24(31)20-9-4-5-10-22(20)28-25(32)19-12-11-17(30(33)34)14-21(19)26/h4-14,23H,15H2,1-3H3,(H,27,31)(H,28,32). The van der Waals surface area contributed by atoms with Crippen molar-refractivity contribution in [2.24, 2.45) is 0 Å². The minimum Gasteiger partial charge on any atom is -0.497 e. The lowest BCUT2D eigenvalue weighted by Gasteiger charge is -2.25. The van der Waals surface area contributed by atoms with Crippen LogP contribution in [0.3, 0.4) is 0 Å². The number of carbonyl (C=O) groups is 2. The number of para-hydroxylation sites is 1. The molecule has 0 bridgehead atoms. The van der Waals surface area contributed by atoms with Crippen molar-refractivity contribution in [2.45, 2.75) is 6.04 Å². The molecule has 3 aromatic carbocycles. The van der Waals surface area contributed by atoms with Crippen molar-refractivity contribution in [3.8, 4) is 5.75 Å². The number of hydrogen-bond acceptors (Lipinski definition) is 6. The molecule has 0 aromatic heterocycles. The number of methoxy groups -OCH3 is 1. The number of rotatable bonds is 9. The molecule has 3 aromatic rings. The summed E-state index contributed by atoms with van der Waals surface area (Å²) in [4.78, 5) is 38.1. The van der Waals surface area contributed by atoms with E-state index in [2.05, 4.69) is 10.6 Å². The predicted molar refractivity (Wildman–Crippen MR) is 134 cm³/mol. The average molecular weight is 497 g/mol. The predicted octanol–water partition coefficient (Wildman–Crippen LogP) is 4.54. The Bertz CT molecular complexity index is 1250. The van der Waals surface area contributed by atoms with Crippen LogP contribution in [-0.2, 0) is 0 Å². The number of benzene rings is 3. The normalized spacial score (nSPS) is 11.6. The number of likely N-dealkylation sites (N-methyl/N-ethyl adjacent to an activating group) is 1. The van der Waals surface area contributed by atoms with Crippen LogP contribution in [-0.4, -0.2) is 49.4 Å². The molecular weight excluding hydrogens is 472 g/mol. The molecule has 0 aliphatic rings. The molecule has 0 aliphatic heterocycles. The summed E-state index contributed by atoms with van der Waals surface area (Å²) in [5.41, 5.74) is 1.36. The summed E-state index contributed by atoms with van der Waals surface area (Å²) in [5.74, 6) is -0.239. The molecule has 0 spiro atoms. The molecule has 2 amide bonds. The Kier molecular flexibility index (Phi) is 8.40. The van der Waals surface area contributed by atoms with E-state index in [0.29, 0.717) is 6.54 Å². The van der Waals surface area contributed by atoms with Gasteiger partial charge in [-0.3, -0.25) is 19.7 Å². The molecule has 9 nitrogen and oxygen atoms in total. The number of nitrogens with zero attached hydrogens (tertiary/aromatic N) is 2. The highest BCUT2D eigenvalue weighted by atomic mass is 35.5. The van der Waals surface area contributed by atoms with Crippen molar-refractivity contribution in [3.05, 3.63) is 98.6 Å². The van der Waals surface area contributed by atoms with E-state index >= 15 is 0 Å². The van der Waals surface area contributed by atoms with Crippen LogP contribution < -0.4 is 15.4 Å². The highest BCUT2D eigenvalue weighted by molar-refractivity contribution is 6.34. The summed E-state index contributed by atoms with van der Waals surface area (Å²) in [5, 5.41) is 16.4. The second-order valence-corrected chi connectivity index (χ2v) is 8.29. The zero-order valence-electron chi connectivity index (χ0n) is 19.4. The minimum absolute atomic E-state index is 0.0539. The third-order valence-corrected chi connectivity index (χ3v) is 5.70. The Labute approximate surface area is 207 Å². The summed E-state index contributed by atoms with van der Waals surface area (Å²) >= 11 is 6.07. The number of hydrogen-bond donors (Lipinski definition) is 2. The highest BCUT2D eigenvalue weighted by Gasteiger charge is 2.20. The van der Waals surface area contributed by atoms with Gasteiger partial charge in [0.25, 0.3) is 17.5 Å². The zero-order valence-corrected chi connectivity index (χ0v) is 20.2. The number of nitro benzene ring substituents is 1. The first-order valence-corrected chi connectivity index (χ1v) is 11.0. The van der Waals surface area contributed by atoms with Crippen molar-refractivity contribution >= 4 is 34.8 Å². The van der Waals surface area contributed by atoms with Crippen molar-refractivity contribution < 1.29 is 19.2 Å². The maximum Gasteiger partial charge on any atom is 0.270 e. The Balaban J connectivity index is 1.76. The molecule has 2 N–H and O–H groups in total. The lowest BCUT2D eigenvalue weighted by atomic mass is 10.0. The monoisotopic (exact) mass is 496 g/mol. The topological polar surface area (TPSA) is 114 Å². The zero-order chi connectivity index (χ0) is 25.5. The first kappa shape index (κ1) is 25.7. The quantitative estimate of drug-likeness (QED) is 0.332. The van der Waals surface area contributed by atoms with Gasteiger partial charge in [0.1, 0.15) is 5.75 Å². The van der Waals surface area contributed by atoms with Gasteiger partial charge in [-0.15, -0.1) is 0 Å². The van der Waals surface area contributed by atoms with E-state index in [1.54, 1.807) is 31.4 Å². The van der Waals surface area contributed by atoms with Gasteiger partial charge in [-0.1, -0.05) is 35.9 Å². The van der Waals surface area contributed by atoms with Crippen LogP contribution in [0, 0.1) is 10.1 Å².